The SMILES string of the molecule is COc1ccc(CCNC(=O)CSc2nnc(-c3ccco3)n2-c2ccc(C)cc2)cc1OC. The number of aryl methyl sites for hydroxylation is 1. The lowest BCUT2D eigenvalue weighted by Gasteiger charge is -2.11. The predicted octanol–water partition coefficient (Wildman–Crippen LogP) is 4.30. The van der Waals surface area contributed by atoms with Crippen molar-refractivity contribution in [1.29, 1.82) is 0 Å². The lowest BCUT2D eigenvalue weighted by Crippen LogP contribution is -2.27. The number of nitrogens with one attached hydrogen (secondary N) is 1. The van der Waals surface area contributed by atoms with Crippen LogP contribution in [0.1, 0.15) is 11.1 Å². The van der Waals surface area contributed by atoms with Crippen LogP contribution in [-0.2, 0) is 11.2 Å². The van der Waals surface area contributed by atoms with Crippen molar-refractivity contribution in [3.05, 3.63) is 72.0 Å². The van der Waals surface area contributed by atoms with Gasteiger partial charge < -0.3 is 19.2 Å². The number of hydrogen-bond donors (Lipinski definition) is 1. The number of thioether (sulfide) groups is 1. The Morgan fingerprint density at radius 2 is 1.85 bits per heavy atom. The first kappa shape index (κ1) is 23.4. The van der Waals surface area contributed by atoms with E-state index in [1.165, 1.54) is 11.8 Å². The molecule has 1 amide bonds. The average molecular weight is 479 g/mol. The molecule has 0 bridgehead atoms. The van der Waals surface area contributed by atoms with Gasteiger partial charge in [0.1, 0.15) is 0 Å². The number of benzene rings is 2. The van der Waals surface area contributed by atoms with Crippen LogP contribution >= 0.6 is 11.8 Å². The van der Waals surface area contributed by atoms with Crippen molar-refractivity contribution in [2.24, 2.45) is 0 Å². The Balaban J connectivity index is 1.39. The quantitative estimate of drug-likeness (QED) is 0.340. The largest absolute Gasteiger partial charge is 0.493 e. The van der Waals surface area contributed by atoms with Gasteiger partial charge in [0, 0.05) is 12.2 Å². The molecule has 0 fully saturated rings. The number of carbonyl (C=O) groups is 1. The van der Waals surface area contributed by atoms with Crippen molar-refractivity contribution in [2.45, 2.75) is 18.5 Å². The lowest BCUT2D eigenvalue weighted by atomic mass is 10.1. The number of furan rings is 1. The van der Waals surface area contributed by atoms with Crippen LogP contribution in [-0.4, -0.2) is 47.2 Å². The fourth-order valence-corrected chi connectivity index (χ4v) is 4.20. The van der Waals surface area contributed by atoms with E-state index in [9.17, 15) is 4.79 Å². The smallest absolute Gasteiger partial charge is 0.230 e. The predicted molar refractivity (Wildman–Crippen MR) is 131 cm³/mol. The monoisotopic (exact) mass is 478 g/mol. The number of amides is 1. The van der Waals surface area contributed by atoms with Crippen LogP contribution in [0.3, 0.4) is 0 Å². The van der Waals surface area contributed by atoms with Crippen LogP contribution in [0, 0.1) is 6.92 Å². The maximum absolute atomic E-state index is 12.5. The molecule has 0 aliphatic carbocycles. The minimum atomic E-state index is -0.0801. The van der Waals surface area contributed by atoms with Crippen LogP contribution in [0.2, 0.25) is 0 Å². The molecule has 9 heteroatoms. The van der Waals surface area contributed by atoms with Crippen LogP contribution in [0.5, 0.6) is 11.5 Å². The molecule has 176 valence electrons. The molecule has 1 N–H and O–H groups in total. The van der Waals surface area contributed by atoms with E-state index in [1.807, 2.05) is 66.1 Å². The Morgan fingerprint density at radius 1 is 1.06 bits per heavy atom. The van der Waals surface area contributed by atoms with E-state index < -0.39 is 0 Å². The van der Waals surface area contributed by atoms with Gasteiger partial charge in [-0.25, -0.2) is 0 Å². The van der Waals surface area contributed by atoms with Gasteiger partial charge in [-0.15, -0.1) is 10.2 Å². The second-order valence-electron chi connectivity index (χ2n) is 7.53. The molecule has 0 atom stereocenters. The van der Waals surface area contributed by atoms with Gasteiger partial charge in [-0.2, -0.15) is 0 Å². The summed E-state index contributed by atoms with van der Waals surface area (Å²) in [7, 11) is 3.21. The van der Waals surface area contributed by atoms with Gasteiger partial charge in [-0.3, -0.25) is 9.36 Å². The summed E-state index contributed by atoms with van der Waals surface area (Å²) in [6.45, 7) is 2.54. The van der Waals surface area contributed by atoms with Crippen molar-refractivity contribution in [2.75, 3.05) is 26.5 Å². The van der Waals surface area contributed by atoms with Crippen LogP contribution in [0.15, 0.2) is 70.4 Å². The van der Waals surface area contributed by atoms with E-state index in [4.69, 9.17) is 13.9 Å². The Hall–Kier alpha value is -3.72. The van der Waals surface area contributed by atoms with Crippen LogP contribution in [0.25, 0.3) is 17.3 Å². The fourth-order valence-electron chi connectivity index (χ4n) is 3.42. The topological polar surface area (TPSA) is 91.4 Å². The van der Waals surface area contributed by atoms with Crippen molar-refractivity contribution < 1.29 is 18.7 Å². The Kier molecular flexibility index (Phi) is 7.54. The summed E-state index contributed by atoms with van der Waals surface area (Å²) in [5.74, 6) is 2.68. The highest BCUT2D eigenvalue weighted by atomic mass is 32.2. The molecule has 34 heavy (non-hydrogen) atoms. The highest BCUT2D eigenvalue weighted by Gasteiger charge is 2.19. The molecular weight excluding hydrogens is 452 g/mol. The van der Waals surface area contributed by atoms with Gasteiger partial charge in [0.15, 0.2) is 22.4 Å². The van der Waals surface area contributed by atoms with E-state index in [0.29, 0.717) is 41.2 Å². The summed E-state index contributed by atoms with van der Waals surface area (Å²) >= 11 is 1.33. The number of methoxy groups -OCH3 is 2. The highest BCUT2D eigenvalue weighted by Crippen LogP contribution is 2.29. The molecule has 2 aromatic carbocycles. The molecule has 0 aliphatic rings. The number of nitrogens with zero attached hydrogens (tertiary/aromatic N) is 3. The zero-order valence-electron chi connectivity index (χ0n) is 19.3. The molecule has 0 aliphatic heterocycles. The third kappa shape index (κ3) is 5.43. The maximum Gasteiger partial charge on any atom is 0.230 e. The maximum atomic E-state index is 12.5. The van der Waals surface area contributed by atoms with Gasteiger partial charge in [0.25, 0.3) is 0 Å². The minimum Gasteiger partial charge on any atom is -0.493 e. The summed E-state index contributed by atoms with van der Waals surface area (Å²) in [5, 5.41) is 12.2. The van der Waals surface area contributed by atoms with Gasteiger partial charge in [0.2, 0.25) is 11.7 Å². The summed E-state index contributed by atoms with van der Waals surface area (Å²) in [6, 6.07) is 17.4. The van der Waals surface area contributed by atoms with Gasteiger partial charge in [-0.1, -0.05) is 35.5 Å². The van der Waals surface area contributed by atoms with Crippen LogP contribution in [0.4, 0.5) is 0 Å². The summed E-state index contributed by atoms with van der Waals surface area (Å²) < 4.78 is 18.0. The first-order valence-electron chi connectivity index (χ1n) is 10.8. The van der Waals surface area contributed by atoms with Crippen LogP contribution < -0.4 is 14.8 Å². The van der Waals surface area contributed by atoms with Gasteiger partial charge >= 0.3 is 0 Å². The first-order valence-corrected chi connectivity index (χ1v) is 11.7. The number of hydrogen-bond acceptors (Lipinski definition) is 7. The van der Waals surface area contributed by atoms with Gasteiger partial charge in [0.05, 0.1) is 26.2 Å². The molecule has 0 saturated carbocycles. The summed E-state index contributed by atoms with van der Waals surface area (Å²) in [5.41, 5.74) is 3.10. The minimum absolute atomic E-state index is 0.0801. The normalized spacial score (nSPS) is 10.8. The average Bonchev–Trinajstić information content (AvgIpc) is 3.53. The second kappa shape index (κ2) is 10.9. The van der Waals surface area contributed by atoms with Crippen molar-refractivity contribution in [3.63, 3.8) is 0 Å². The third-order valence-electron chi connectivity index (χ3n) is 5.18. The highest BCUT2D eigenvalue weighted by molar-refractivity contribution is 7.99. The van der Waals surface area contributed by atoms with Crippen molar-refractivity contribution >= 4 is 17.7 Å². The lowest BCUT2D eigenvalue weighted by molar-refractivity contribution is -0.118. The second-order valence-corrected chi connectivity index (χ2v) is 8.47. The molecule has 0 radical (unpaired) electrons. The number of carbonyl (C=O) groups excluding carboxylic acids is 1. The van der Waals surface area contributed by atoms with E-state index in [1.54, 1.807) is 20.5 Å². The fraction of sp³-hybridized carbons (Fsp3) is 0.240. The zero-order valence-corrected chi connectivity index (χ0v) is 20.1. The van der Waals surface area contributed by atoms with Crippen molar-refractivity contribution in [1.82, 2.24) is 20.1 Å². The number of rotatable bonds is 10. The standard InChI is InChI=1S/C25H26N4O4S/c1-17-6-9-19(10-7-17)29-24(21-5-4-14-33-21)27-28-25(29)34-16-23(30)26-13-12-18-8-11-20(31-2)22(15-18)32-3/h4-11,14-15H,12-13,16H2,1-3H3,(H,26,30). The molecule has 8 nitrogen and oxygen atoms in total. The number of aromatic nitrogens is 3. The molecule has 0 unspecified atom stereocenters. The van der Waals surface area contributed by atoms with E-state index in [0.717, 1.165) is 16.8 Å². The Bertz CT molecular complexity index is 1240. The molecule has 0 spiro atoms. The molecule has 4 aromatic rings. The molecule has 0 saturated heterocycles. The van der Waals surface area contributed by atoms with E-state index in [2.05, 4.69) is 15.5 Å². The summed E-state index contributed by atoms with van der Waals surface area (Å²) in [6.07, 6.45) is 2.28. The molecule has 4 rings (SSSR count). The third-order valence-corrected chi connectivity index (χ3v) is 6.11. The van der Waals surface area contributed by atoms with E-state index >= 15 is 0 Å². The van der Waals surface area contributed by atoms with E-state index in [-0.39, 0.29) is 11.7 Å². The zero-order chi connectivity index (χ0) is 23.9. The number of ether oxygens (including phenoxy) is 2. The Morgan fingerprint density at radius 3 is 2.56 bits per heavy atom. The van der Waals surface area contributed by atoms with Gasteiger partial charge in [-0.05, 0) is 55.3 Å². The molecule has 2 aromatic heterocycles. The van der Waals surface area contributed by atoms with Crippen molar-refractivity contribution in [3.8, 4) is 28.8 Å². The summed E-state index contributed by atoms with van der Waals surface area (Å²) in [4.78, 5) is 12.5. The molecule has 2 heterocycles. The Labute approximate surface area is 202 Å². The first-order chi connectivity index (χ1) is 16.6. The molecular formula is C25H26N4O4S.